The monoisotopic (exact) mass is 393 g/mol. The number of nitrogens with one attached hydrogen (secondary N) is 1. The first-order valence-electron chi connectivity index (χ1n) is 9.21. The Labute approximate surface area is 166 Å². The second-order valence-electron chi connectivity index (χ2n) is 8.43. The number of benzene rings is 1. The molecule has 1 aromatic carbocycles. The molecule has 0 bridgehead atoms. The molecule has 0 saturated heterocycles. The zero-order chi connectivity index (χ0) is 21.4. The standard InChI is InChI=1S/C21H31NO6/c1-20(2,3)27-18(24)12-17(23)16(22-19(25)28-21(4,5)6)14-26-13-15-10-8-7-9-11-15/h7-11,16H,12-14H2,1-6H3,(H,22,25)/t16-/m0/s1. The number of esters is 1. The second-order valence-corrected chi connectivity index (χ2v) is 8.43. The predicted molar refractivity (Wildman–Crippen MR) is 105 cm³/mol. The van der Waals surface area contributed by atoms with Crippen molar-refractivity contribution in [2.75, 3.05) is 6.61 Å². The Morgan fingerprint density at radius 2 is 1.50 bits per heavy atom. The van der Waals surface area contributed by atoms with E-state index in [1.165, 1.54) is 0 Å². The number of hydrogen-bond donors (Lipinski definition) is 1. The van der Waals surface area contributed by atoms with Gasteiger partial charge in [0.25, 0.3) is 0 Å². The normalized spacial score (nSPS) is 12.8. The molecule has 28 heavy (non-hydrogen) atoms. The van der Waals surface area contributed by atoms with Crippen LogP contribution in [0.2, 0.25) is 0 Å². The third-order valence-corrected chi connectivity index (χ3v) is 3.21. The van der Waals surface area contributed by atoms with Crippen molar-refractivity contribution in [3.8, 4) is 0 Å². The fourth-order valence-corrected chi connectivity index (χ4v) is 2.18. The number of hydrogen-bond acceptors (Lipinski definition) is 6. The number of Topliss-reactive ketones (excluding diaryl/α,β-unsaturated/α-hetero) is 1. The van der Waals surface area contributed by atoms with Gasteiger partial charge in [0.1, 0.15) is 23.7 Å². The summed E-state index contributed by atoms with van der Waals surface area (Å²) < 4.78 is 15.9. The third kappa shape index (κ3) is 10.7. The van der Waals surface area contributed by atoms with Crippen LogP contribution in [-0.4, -0.2) is 41.7 Å². The highest BCUT2D eigenvalue weighted by atomic mass is 16.6. The number of carbonyl (C=O) groups is 3. The smallest absolute Gasteiger partial charge is 0.408 e. The summed E-state index contributed by atoms with van der Waals surface area (Å²) in [5, 5.41) is 2.48. The van der Waals surface area contributed by atoms with Crippen molar-refractivity contribution in [3.05, 3.63) is 35.9 Å². The average molecular weight is 393 g/mol. The second kappa shape index (κ2) is 10.2. The largest absolute Gasteiger partial charge is 0.460 e. The van der Waals surface area contributed by atoms with Gasteiger partial charge in [-0.2, -0.15) is 0 Å². The van der Waals surface area contributed by atoms with Gasteiger partial charge in [-0.3, -0.25) is 9.59 Å². The molecule has 1 aromatic rings. The highest BCUT2D eigenvalue weighted by Gasteiger charge is 2.28. The van der Waals surface area contributed by atoms with Gasteiger partial charge < -0.3 is 19.5 Å². The number of ketones is 1. The van der Waals surface area contributed by atoms with E-state index in [9.17, 15) is 14.4 Å². The lowest BCUT2D eigenvalue weighted by molar-refractivity contribution is -0.156. The van der Waals surface area contributed by atoms with E-state index in [0.29, 0.717) is 0 Å². The minimum absolute atomic E-state index is 0.0875. The van der Waals surface area contributed by atoms with Crippen molar-refractivity contribution in [1.82, 2.24) is 5.32 Å². The van der Waals surface area contributed by atoms with Crippen LogP contribution < -0.4 is 5.32 Å². The van der Waals surface area contributed by atoms with Gasteiger partial charge in [0.2, 0.25) is 0 Å². The van der Waals surface area contributed by atoms with Crippen molar-refractivity contribution in [2.45, 2.75) is 71.8 Å². The molecule has 0 spiro atoms. The van der Waals surface area contributed by atoms with E-state index in [0.717, 1.165) is 5.56 Å². The Morgan fingerprint density at radius 1 is 0.929 bits per heavy atom. The fraction of sp³-hybridized carbons (Fsp3) is 0.571. The molecule has 156 valence electrons. The minimum atomic E-state index is -1.02. The van der Waals surface area contributed by atoms with Gasteiger partial charge in [-0.25, -0.2) is 4.79 Å². The maximum absolute atomic E-state index is 12.5. The first kappa shape index (κ1) is 23.6. The molecular formula is C21H31NO6. The molecule has 1 amide bonds. The van der Waals surface area contributed by atoms with E-state index in [1.807, 2.05) is 30.3 Å². The summed E-state index contributed by atoms with van der Waals surface area (Å²) in [7, 11) is 0. The lowest BCUT2D eigenvalue weighted by Gasteiger charge is -2.24. The molecule has 0 radical (unpaired) electrons. The van der Waals surface area contributed by atoms with E-state index < -0.39 is 41.5 Å². The average Bonchev–Trinajstić information content (AvgIpc) is 2.51. The summed E-state index contributed by atoms with van der Waals surface area (Å²) in [6.45, 7) is 10.5. The van der Waals surface area contributed by atoms with Crippen LogP contribution in [0.15, 0.2) is 30.3 Å². The third-order valence-electron chi connectivity index (χ3n) is 3.21. The number of alkyl carbamates (subject to hydrolysis) is 1. The first-order valence-corrected chi connectivity index (χ1v) is 9.21. The molecule has 0 aliphatic carbocycles. The van der Waals surface area contributed by atoms with Gasteiger partial charge in [0, 0.05) is 0 Å². The van der Waals surface area contributed by atoms with Crippen LogP contribution in [0.4, 0.5) is 4.79 Å². The van der Waals surface area contributed by atoms with Crippen molar-refractivity contribution in [1.29, 1.82) is 0 Å². The maximum Gasteiger partial charge on any atom is 0.408 e. The van der Waals surface area contributed by atoms with Crippen molar-refractivity contribution in [3.63, 3.8) is 0 Å². The highest BCUT2D eigenvalue weighted by molar-refractivity contribution is 5.99. The molecular weight excluding hydrogens is 362 g/mol. The number of amides is 1. The first-order chi connectivity index (χ1) is 12.9. The summed E-state index contributed by atoms with van der Waals surface area (Å²) in [5.74, 6) is -1.16. The lowest BCUT2D eigenvalue weighted by Crippen LogP contribution is -2.47. The molecule has 0 heterocycles. The van der Waals surface area contributed by atoms with Crippen molar-refractivity contribution >= 4 is 17.8 Å². The SMILES string of the molecule is CC(C)(C)OC(=O)CC(=O)[C@H](COCc1ccccc1)NC(=O)OC(C)(C)C. The van der Waals surface area contributed by atoms with Crippen LogP contribution in [0.5, 0.6) is 0 Å². The lowest BCUT2D eigenvalue weighted by atomic mass is 10.1. The molecule has 1 rings (SSSR count). The van der Waals surface area contributed by atoms with E-state index in [-0.39, 0.29) is 13.2 Å². The van der Waals surface area contributed by atoms with Crippen LogP contribution in [0, 0.1) is 0 Å². The molecule has 0 unspecified atom stereocenters. The zero-order valence-electron chi connectivity index (χ0n) is 17.5. The van der Waals surface area contributed by atoms with Crippen molar-refractivity contribution in [2.24, 2.45) is 0 Å². The van der Waals surface area contributed by atoms with Crippen LogP contribution >= 0.6 is 0 Å². The molecule has 7 heteroatoms. The Hall–Kier alpha value is -2.41. The molecule has 0 aliphatic rings. The van der Waals surface area contributed by atoms with Gasteiger partial charge in [-0.15, -0.1) is 0 Å². The van der Waals surface area contributed by atoms with Crippen LogP contribution in [-0.2, 0) is 30.4 Å². The van der Waals surface area contributed by atoms with Gasteiger partial charge in [0.05, 0.1) is 13.2 Å². The predicted octanol–water partition coefficient (Wildman–Crippen LogP) is 3.40. The van der Waals surface area contributed by atoms with Crippen LogP contribution in [0.1, 0.15) is 53.5 Å². The summed E-state index contributed by atoms with van der Waals surface area (Å²) in [5.41, 5.74) is -0.485. The summed E-state index contributed by atoms with van der Waals surface area (Å²) >= 11 is 0. The summed E-state index contributed by atoms with van der Waals surface area (Å²) in [6, 6.07) is 8.40. The fourth-order valence-electron chi connectivity index (χ4n) is 2.18. The summed E-state index contributed by atoms with van der Waals surface area (Å²) in [4.78, 5) is 36.6. The quantitative estimate of drug-likeness (QED) is 0.538. The molecule has 0 fully saturated rings. The van der Waals surface area contributed by atoms with E-state index in [1.54, 1.807) is 41.5 Å². The molecule has 0 aliphatic heterocycles. The molecule has 1 atom stereocenters. The van der Waals surface area contributed by atoms with E-state index >= 15 is 0 Å². The van der Waals surface area contributed by atoms with Gasteiger partial charge in [-0.05, 0) is 47.1 Å². The highest BCUT2D eigenvalue weighted by Crippen LogP contribution is 2.11. The Balaban J connectivity index is 2.71. The van der Waals surface area contributed by atoms with Crippen molar-refractivity contribution < 1.29 is 28.6 Å². The van der Waals surface area contributed by atoms with Crippen LogP contribution in [0.3, 0.4) is 0 Å². The topological polar surface area (TPSA) is 90.9 Å². The molecule has 7 nitrogen and oxygen atoms in total. The molecule has 1 N–H and O–H groups in total. The Bertz CT molecular complexity index is 658. The minimum Gasteiger partial charge on any atom is -0.460 e. The van der Waals surface area contributed by atoms with E-state index in [4.69, 9.17) is 14.2 Å². The van der Waals surface area contributed by atoms with Crippen LogP contribution in [0.25, 0.3) is 0 Å². The molecule has 0 saturated carbocycles. The zero-order valence-corrected chi connectivity index (χ0v) is 17.5. The van der Waals surface area contributed by atoms with Gasteiger partial charge in [0.15, 0.2) is 5.78 Å². The Morgan fingerprint density at radius 3 is 2.04 bits per heavy atom. The number of rotatable bonds is 8. The van der Waals surface area contributed by atoms with Gasteiger partial charge >= 0.3 is 12.1 Å². The number of ether oxygens (including phenoxy) is 3. The van der Waals surface area contributed by atoms with Gasteiger partial charge in [-0.1, -0.05) is 30.3 Å². The summed E-state index contributed by atoms with van der Waals surface area (Å²) in [6.07, 6.45) is -1.22. The van der Waals surface area contributed by atoms with E-state index in [2.05, 4.69) is 5.32 Å². The number of carbonyl (C=O) groups excluding carboxylic acids is 3. The maximum atomic E-state index is 12.5. The Kier molecular flexibility index (Phi) is 8.63. The molecule has 0 aromatic heterocycles.